The predicted molar refractivity (Wildman–Crippen MR) is 89.3 cm³/mol. The molecule has 22 heavy (non-hydrogen) atoms. The highest BCUT2D eigenvalue weighted by Gasteiger charge is 2.27. The van der Waals surface area contributed by atoms with Gasteiger partial charge in [0.1, 0.15) is 0 Å². The van der Waals surface area contributed by atoms with E-state index < -0.39 is 0 Å². The van der Waals surface area contributed by atoms with Crippen LogP contribution in [0, 0.1) is 5.92 Å². The van der Waals surface area contributed by atoms with Crippen molar-refractivity contribution < 1.29 is 9.59 Å². The van der Waals surface area contributed by atoms with Gasteiger partial charge >= 0.3 is 0 Å². The molecule has 122 valence electrons. The van der Waals surface area contributed by atoms with E-state index in [0.29, 0.717) is 12.8 Å². The summed E-state index contributed by atoms with van der Waals surface area (Å²) in [4.78, 5) is 24.9. The van der Waals surface area contributed by atoms with E-state index in [1.165, 1.54) is 13.1 Å². The maximum atomic E-state index is 11.6. The molecule has 2 fully saturated rings. The van der Waals surface area contributed by atoms with Crippen LogP contribution in [0.2, 0.25) is 0 Å². The predicted octanol–water partition coefficient (Wildman–Crippen LogP) is 1.25. The second-order valence-corrected chi connectivity index (χ2v) is 5.46. The molecule has 0 radical (unpaired) electrons. The van der Waals surface area contributed by atoms with Crippen molar-refractivity contribution in [1.29, 1.82) is 0 Å². The van der Waals surface area contributed by atoms with E-state index in [2.05, 4.69) is 29.2 Å². The number of hydrogen-bond donors (Lipinski definition) is 2. The van der Waals surface area contributed by atoms with Crippen molar-refractivity contribution in [3.05, 3.63) is 36.5 Å². The van der Waals surface area contributed by atoms with Gasteiger partial charge in [0, 0.05) is 32.6 Å². The molecule has 0 aromatic rings. The molecule has 1 unspecified atom stereocenters. The summed E-state index contributed by atoms with van der Waals surface area (Å²) in [6, 6.07) is 0. The molecule has 0 spiro atoms. The Morgan fingerprint density at radius 2 is 2.00 bits per heavy atom. The monoisotopic (exact) mass is 305 g/mol. The largest absolute Gasteiger partial charge is 0.314 e. The van der Waals surface area contributed by atoms with Gasteiger partial charge in [-0.25, -0.2) is 0 Å². The molecule has 5 heteroatoms. The fourth-order valence-electron chi connectivity index (χ4n) is 2.40. The Bertz CT molecular complexity index is 449. The highest BCUT2D eigenvalue weighted by atomic mass is 16.2. The lowest BCUT2D eigenvalue weighted by molar-refractivity contribution is -0.135. The minimum Gasteiger partial charge on any atom is -0.314 e. The second kappa shape index (κ2) is 10.1. The van der Waals surface area contributed by atoms with Gasteiger partial charge in [-0.2, -0.15) is 0 Å². The van der Waals surface area contributed by atoms with Crippen LogP contribution in [0.3, 0.4) is 0 Å². The molecule has 2 saturated heterocycles. The van der Waals surface area contributed by atoms with Crippen molar-refractivity contribution in [3.8, 4) is 0 Å². The number of allylic oxidation sites excluding steroid dienone is 4. The zero-order valence-corrected chi connectivity index (χ0v) is 13.6. The minimum atomic E-state index is -0.225. The number of rotatable bonds is 3. The Kier molecular flexibility index (Phi) is 8.40. The molecule has 0 aromatic carbocycles. The molecule has 2 rings (SSSR count). The van der Waals surface area contributed by atoms with E-state index in [0.717, 1.165) is 18.7 Å². The van der Waals surface area contributed by atoms with Gasteiger partial charge in [-0.1, -0.05) is 30.9 Å². The highest BCUT2D eigenvalue weighted by molar-refractivity contribution is 6.00. The van der Waals surface area contributed by atoms with E-state index in [9.17, 15) is 9.59 Å². The Morgan fingerprint density at radius 3 is 2.45 bits per heavy atom. The summed E-state index contributed by atoms with van der Waals surface area (Å²) in [5.74, 6) is -0.621. The lowest BCUT2D eigenvalue weighted by atomic mass is 9.89. The molecule has 2 N–H and O–H groups in total. The van der Waals surface area contributed by atoms with Crippen LogP contribution in [0.5, 0.6) is 0 Å². The molecule has 5 nitrogen and oxygen atoms in total. The molecule has 2 heterocycles. The summed E-state index contributed by atoms with van der Waals surface area (Å²) in [5.41, 5.74) is 0.900. The molecule has 0 aliphatic carbocycles. The zero-order chi connectivity index (χ0) is 16.4. The summed E-state index contributed by atoms with van der Waals surface area (Å²) in [6.07, 6.45) is 8.19. The van der Waals surface area contributed by atoms with Crippen molar-refractivity contribution in [2.45, 2.75) is 19.8 Å². The van der Waals surface area contributed by atoms with Crippen molar-refractivity contribution in [2.24, 2.45) is 5.92 Å². The first-order valence-electron chi connectivity index (χ1n) is 7.76. The summed E-state index contributed by atoms with van der Waals surface area (Å²) >= 11 is 0. The number of imide groups is 1. The SMILES string of the molecule is C=C/C=C(\C=C/C)C1CCC(=O)NC1=O.CN1CCNCC1. The smallest absolute Gasteiger partial charge is 0.234 e. The molecular formula is C17H27N3O2. The molecular weight excluding hydrogens is 278 g/mol. The van der Waals surface area contributed by atoms with Crippen LogP contribution in [0.4, 0.5) is 0 Å². The maximum Gasteiger partial charge on any atom is 0.234 e. The lowest BCUT2D eigenvalue weighted by Gasteiger charge is -2.21. The molecule has 2 aliphatic rings. The van der Waals surface area contributed by atoms with Crippen LogP contribution in [-0.2, 0) is 9.59 Å². The van der Waals surface area contributed by atoms with E-state index in [1.807, 2.05) is 19.1 Å². The minimum absolute atomic E-state index is 0.185. The third kappa shape index (κ3) is 6.37. The van der Waals surface area contributed by atoms with Crippen LogP contribution < -0.4 is 10.6 Å². The number of nitrogens with zero attached hydrogens (tertiary/aromatic N) is 1. The summed E-state index contributed by atoms with van der Waals surface area (Å²) in [5, 5.41) is 5.61. The molecule has 1 atom stereocenters. The Hall–Kier alpha value is -1.72. The number of likely N-dealkylation sites (N-methyl/N-ethyl adjacent to an activating group) is 1. The number of amides is 2. The summed E-state index contributed by atoms with van der Waals surface area (Å²) < 4.78 is 0. The molecule has 2 aliphatic heterocycles. The standard InChI is InChI=1S/C12H15NO2.C5H12N2/c1-3-5-9(6-4-2)10-7-8-11(14)13-12(10)15;1-7-4-2-6-3-5-7/h3-6,10H,1,7-8H2,2H3,(H,13,14,15);6H,2-5H2,1H3/b6-4-,9-5+;. The molecule has 0 saturated carbocycles. The summed E-state index contributed by atoms with van der Waals surface area (Å²) in [6.45, 7) is 10.2. The Labute approximate surface area is 133 Å². The van der Waals surface area contributed by atoms with Crippen molar-refractivity contribution in [2.75, 3.05) is 33.2 Å². The van der Waals surface area contributed by atoms with Gasteiger partial charge in [0.2, 0.25) is 11.8 Å². The number of piperidine rings is 1. The van der Waals surface area contributed by atoms with Crippen molar-refractivity contribution in [3.63, 3.8) is 0 Å². The number of carbonyl (C=O) groups is 2. The van der Waals surface area contributed by atoms with Crippen molar-refractivity contribution in [1.82, 2.24) is 15.5 Å². The number of carbonyl (C=O) groups excluding carboxylic acids is 2. The van der Waals surface area contributed by atoms with E-state index in [1.54, 1.807) is 12.2 Å². The molecule has 0 aromatic heterocycles. The molecule has 0 bridgehead atoms. The molecule has 2 amide bonds. The first-order valence-corrected chi connectivity index (χ1v) is 7.76. The van der Waals surface area contributed by atoms with Gasteiger partial charge in [0.25, 0.3) is 0 Å². The van der Waals surface area contributed by atoms with E-state index in [-0.39, 0.29) is 17.7 Å². The Morgan fingerprint density at radius 1 is 1.32 bits per heavy atom. The van der Waals surface area contributed by atoms with Crippen LogP contribution in [-0.4, -0.2) is 49.9 Å². The fraction of sp³-hybridized carbons (Fsp3) is 0.529. The average Bonchev–Trinajstić information content (AvgIpc) is 2.49. The zero-order valence-electron chi connectivity index (χ0n) is 13.6. The normalized spacial score (nSPS) is 23.7. The average molecular weight is 305 g/mol. The van der Waals surface area contributed by atoms with Gasteiger partial charge in [-0.15, -0.1) is 0 Å². The van der Waals surface area contributed by atoms with Gasteiger partial charge < -0.3 is 10.2 Å². The van der Waals surface area contributed by atoms with E-state index >= 15 is 0 Å². The Balaban J connectivity index is 0.000000287. The summed E-state index contributed by atoms with van der Waals surface area (Å²) in [7, 11) is 2.15. The van der Waals surface area contributed by atoms with Crippen LogP contribution in [0.1, 0.15) is 19.8 Å². The number of hydrogen-bond acceptors (Lipinski definition) is 4. The highest BCUT2D eigenvalue weighted by Crippen LogP contribution is 2.22. The van der Waals surface area contributed by atoms with E-state index in [4.69, 9.17) is 0 Å². The van der Waals surface area contributed by atoms with Crippen LogP contribution >= 0.6 is 0 Å². The fourth-order valence-corrected chi connectivity index (χ4v) is 2.40. The quantitative estimate of drug-likeness (QED) is 0.608. The van der Waals surface area contributed by atoms with Gasteiger partial charge in [0.05, 0.1) is 5.92 Å². The number of nitrogens with one attached hydrogen (secondary N) is 2. The first kappa shape index (κ1) is 18.3. The first-order chi connectivity index (χ1) is 10.6. The maximum absolute atomic E-state index is 11.6. The van der Waals surface area contributed by atoms with Crippen LogP contribution in [0.25, 0.3) is 0 Å². The van der Waals surface area contributed by atoms with Crippen LogP contribution in [0.15, 0.2) is 36.5 Å². The third-order valence-corrected chi connectivity index (χ3v) is 3.65. The van der Waals surface area contributed by atoms with Gasteiger partial charge in [-0.3, -0.25) is 14.9 Å². The van der Waals surface area contributed by atoms with Gasteiger partial charge in [-0.05, 0) is 26.0 Å². The second-order valence-electron chi connectivity index (χ2n) is 5.46. The van der Waals surface area contributed by atoms with Crippen molar-refractivity contribution >= 4 is 11.8 Å². The topological polar surface area (TPSA) is 61.4 Å². The number of piperazine rings is 1. The van der Waals surface area contributed by atoms with Gasteiger partial charge in [0.15, 0.2) is 0 Å². The lowest BCUT2D eigenvalue weighted by Crippen LogP contribution is -2.41. The third-order valence-electron chi connectivity index (χ3n) is 3.65.